The molecule has 178 valence electrons. The summed E-state index contributed by atoms with van der Waals surface area (Å²) in [6.45, 7) is 5.35. The van der Waals surface area contributed by atoms with Crippen LogP contribution in [0.3, 0.4) is 0 Å². The Bertz CT molecular complexity index is 1160. The number of amides is 2. The Labute approximate surface area is 194 Å². The van der Waals surface area contributed by atoms with Crippen LogP contribution in [-0.2, 0) is 0 Å². The van der Waals surface area contributed by atoms with Crippen molar-refractivity contribution in [3.8, 4) is 17.0 Å². The minimum Gasteiger partial charge on any atom is -0.406 e. The number of carbonyl (C=O) groups excluding carboxylic acids is 1. The molecule has 0 fully saturated rings. The van der Waals surface area contributed by atoms with Gasteiger partial charge in [-0.15, -0.1) is 13.2 Å². The highest BCUT2D eigenvalue weighted by molar-refractivity contribution is 6.03. The Morgan fingerprint density at radius 2 is 2.06 bits per heavy atom. The zero-order valence-corrected chi connectivity index (χ0v) is 18.6. The maximum Gasteiger partial charge on any atom is 0.573 e. The number of hydrogen-bond acceptors (Lipinski definition) is 6. The lowest BCUT2D eigenvalue weighted by molar-refractivity contribution is -0.274. The van der Waals surface area contributed by atoms with Gasteiger partial charge < -0.3 is 9.64 Å². The fraction of sp³-hybridized carbons (Fsp3) is 0.304. The quantitative estimate of drug-likeness (QED) is 0.569. The van der Waals surface area contributed by atoms with Crippen LogP contribution in [0, 0.1) is 0 Å². The maximum atomic E-state index is 13.3. The van der Waals surface area contributed by atoms with Gasteiger partial charge in [0.25, 0.3) is 0 Å². The van der Waals surface area contributed by atoms with E-state index >= 15 is 0 Å². The molecule has 2 amide bonds. The number of nitrogens with one attached hydrogen (secondary N) is 1. The third-order valence-electron chi connectivity index (χ3n) is 5.44. The second kappa shape index (κ2) is 9.54. The number of rotatable bonds is 4. The zero-order valence-electron chi connectivity index (χ0n) is 18.6. The van der Waals surface area contributed by atoms with Gasteiger partial charge in [0.05, 0.1) is 17.6 Å². The zero-order chi connectivity index (χ0) is 24.3. The molecule has 0 saturated heterocycles. The van der Waals surface area contributed by atoms with Crippen molar-refractivity contribution < 1.29 is 22.7 Å². The molecule has 2 aromatic heterocycles. The van der Waals surface area contributed by atoms with Crippen molar-refractivity contribution in [1.82, 2.24) is 15.0 Å². The van der Waals surface area contributed by atoms with Crippen molar-refractivity contribution in [3.05, 3.63) is 55.0 Å². The average Bonchev–Trinajstić information content (AvgIpc) is 2.94. The van der Waals surface area contributed by atoms with E-state index in [1.807, 2.05) is 19.9 Å². The molecule has 0 saturated carbocycles. The summed E-state index contributed by atoms with van der Waals surface area (Å²) in [7, 11) is 0. The molecule has 1 atom stereocenters. The van der Waals surface area contributed by atoms with Crippen LogP contribution in [0.2, 0.25) is 0 Å². The fourth-order valence-corrected chi connectivity index (χ4v) is 3.84. The van der Waals surface area contributed by atoms with Crippen LogP contribution in [0.4, 0.5) is 35.3 Å². The van der Waals surface area contributed by atoms with Crippen LogP contribution in [0.1, 0.15) is 20.3 Å². The van der Waals surface area contributed by atoms with Gasteiger partial charge >= 0.3 is 12.4 Å². The molecular formula is C23H23F3N6O2. The number of anilines is 3. The van der Waals surface area contributed by atoms with Gasteiger partial charge in [0, 0.05) is 37.1 Å². The molecular weight excluding hydrogens is 449 g/mol. The van der Waals surface area contributed by atoms with Gasteiger partial charge in [-0.25, -0.2) is 14.8 Å². The standard InChI is InChI=1S/C23H23F3N6O2/c1-3-31-12-9-15(2)32(22(33)30-20-14-27-10-11-28-20)21-19(31)8-7-18(29-21)16-5-4-6-17(13-16)34-23(24,25)26/h4-8,10-11,13-15H,3,9,12H2,1-2H3,(H,28,30,33)/t15-/m1/s1. The van der Waals surface area contributed by atoms with Crippen molar-refractivity contribution in [2.45, 2.75) is 32.7 Å². The first kappa shape index (κ1) is 23.3. The number of nitrogens with zero attached hydrogens (tertiary/aromatic N) is 5. The summed E-state index contributed by atoms with van der Waals surface area (Å²) in [5.74, 6) is 0.362. The molecule has 0 spiro atoms. The van der Waals surface area contributed by atoms with Gasteiger partial charge in [-0.2, -0.15) is 0 Å². The second-order valence-electron chi connectivity index (χ2n) is 7.72. The fourth-order valence-electron chi connectivity index (χ4n) is 3.84. The first-order valence-corrected chi connectivity index (χ1v) is 10.7. The number of urea groups is 1. The van der Waals surface area contributed by atoms with E-state index in [0.29, 0.717) is 35.9 Å². The molecule has 1 N–H and O–H groups in total. The Hall–Kier alpha value is -3.89. The van der Waals surface area contributed by atoms with Crippen molar-refractivity contribution in [2.75, 3.05) is 28.2 Å². The number of halogens is 3. The largest absolute Gasteiger partial charge is 0.573 e. The summed E-state index contributed by atoms with van der Waals surface area (Å²) in [5.41, 5.74) is 1.60. The monoisotopic (exact) mass is 472 g/mol. The number of fused-ring (bicyclic) bond motifs is 1. The van der Waals surface area contributed by atoms with E-state index in [1.54, 1.807) is 17.0 Å². The predicted octanol–water partition coefficient (Wildman–Crippen LogP) is 5.09. The molecule has 0 unspecified atom stereocenters. The van der Waals surface area contributed by atoms with Crippen LogP contribution >= 0.6 is 0 Å². The number of benzene rings is 1. The first-order chi connectivity index (χ1) is 16.2. The van der Waals surface area contributed by atoms with E-state index in [2.05, 4.69) is 24.9 Å². The van der Waals surface area contributed by atoms with Crippen LogP contribution < -0.4 is 19.9 Å². The van der Waals surface area contributed by atoms with E-state index in [9.17, 15) is 18.0 Å². The van der Waals surface area contributed by atoms with Crippen LogP contribution in [0.25, 0.3) is 11.3 Å². The summed E-state index contributed by atoms with van der Waals surface area (Å²) in [4.78, 5) is 29.7. The summed E-state index contributed by atoms with van der Waals surface area (Å²) >= 11 is 0. The number of carbonyl (C=O) groups is 1. The molecule has 3 aromatic rings. The Kier molecular flexibility index (Phi) is 6.53. The van der Waals surface area contributed by atoms with Gasteiger partial charge in [-0.1, -0.05) is 12.1 Å². The summed E-state index contributed by atoms with van der Waals surface area (Å²) in [6, 6.07) is 8.53. The van der Waals surface area contributed by atoms with Gasteiger partial charge in [0.1, 0.15) is 5.75 Å². The van der Waals surface area contributed by atoms with E-state index in [4.69, 9.17) is 4.98 Å². The lowest BCUT2D eigenvalue weighted by Gasteiger charge is -2.28. The maximum absolute atomic E-state index is 13.3. The van der Waals surface area contributed by atoms with Gasteiger partial charge in [0.15, 0.2) is 11.6 Å². The highest BCUT2D eigenvalue weighted by Crippen LogP contribution is 2.36. The summed E-state index contributed by atoms with van der Waals surface area (Å²) in [5, 5.41) is 2.75. The number of aromatic nitrogens is 3. The van der Waals surface area contributed by atoms with E-state index in [1.165, 1.54) is 36.8 Å². The lowest BCUT2D eigenvalue weighted by Crippen LogP contribution is -2.42. The van der Waals surface area contributed by atoms with E-state index in [-0.39, 0.29) is 11.8 Å². The summed E-state index contributed by atoms with van der Waals surface area (Å²) < 4.78 is 42.1. The molecule has 11 heteroatoms. The Morgan fingerprint density at radius 1 is 1.24 bits per heavy atom. The van der Waals surface area contributed by atoms with Crippen LogP contribution in [-0.4, -0.2) is 46.5 Å². The normalized spacial score (nSPS) is 16.0. The molecule has 0 bridgehead atoms. The molecule has 0 radical (unpaired) electrons. The van der Waals surface area contributed by atoms with E-state index < -0.39 is 12.4 Å². The second-order valence-corrected chi connectivity index (χ2v) is 7.72. The topological polar surface area (TPSA) is 83.5 Å². The number of ether oxygens (including phenoxy) is 1. The SMILES string of the molecule is CCN1CC[C@@H](C)N(C(=O)Nc2cnccn2)c2nc(-c3cccc(OC(F)(F)F)c3)ccc21. The average molecular weight is 472 g/mol. The van der Waals surface area contributed by atoms with Crippen LogP contribution in [0.5, 0.6) is 5.75 Å². The molecule has 0 aliphatic carbocycles. The van der Waals surface area contributed by atoms with E-state index in [0.717, 1.165) is 12.2 Å². The van der Waals surface area contributed by atoms with Crippen molar-refractivity contribution in [1.29, 1.82) is 0 Å². The predicted molar refractivity (Wildman–Crippen MR) is 122 cm³/mol. The third kappa shape index (κ3) is 5.19. The minimum absolute atomic E-state index is 0.199. The number of hydrogen-bond donors (Lipinski definition) is 1. The summed E-state index contributed by atoms with van der Waals surface area (Å²) in [6.07, 6.45) is 0.313. The molecule has 1 aromatic carbocycles. The van der Waals surface area contributed by atoms with Gasteiger partial charge in [-0.3, -0.25) is 15.2 Å². The highest BCUT2D eigenvalue weighted by atomic mass is 19.4. The molecule has 34 heavy (non-hydrogen) atoms. The first-order valence-electron chi connectivity index (χ1n) is 10.7. The lowest BCUT2D eigenvalue weighted by atomic mass is 10.1. The van der Waals surface area contributed by atoms with Gasteiger partial charge in [0.2, 0.25) is 0 Å². The molecule has 3 heterocycles. The molecule has 4 rings (SSSR count). The van der Waals surface area contributed by atoms with Crippen molar-refractivity contribution in [2.24, 2.45) is 0 Å². The smallest absolute Gasteiger partial charge is 0.406 e. The minimum atomic E-state index is -4.80. The third-order valence-corrected chi connectivity index (χ3v) is 5.44. The highest BCUT2D eigenvalue weighted by Gasteiger charge is 2.32. The Morgan fingerprint density at radius 3 is 2.76 bits per heavy atom. The molecule has 8 nitrogen and oxygen atoms in total. The molecule has 1 aliphatic heterocycles. The molecule has 1 aliphatic rings. The van der Waals surface area contributed by atoms with Gasteiger partial charge in [-0.05, 0) is 44.5 Å². The number of alkyl halides is 3. The number of pyridine rings is 1. The Balaban J connectivity index is 1.75. The van der Waals surface area contributed by atoms with Crippen molar-refractivity contribution >= 4 is 23.4 Å². The van der Waals surface area contributed by atoms with Crippen molar-refractivity contribution in [3.63, 3.8) is 0 Å². The van der Waals surface area contributed by atoms with Crippen LogP contribution in [0.15, 0.2) is 55.0 Å².